The summed E-state index contributed by atoms with van der Waals surface area (Å²) in [7, 11) is -1.09. The van der Waals surface area contributed by atoms with Gasteiger partial charge in [0.05, 0.1) is 12.4 Å². The summed E-state index contributed by atoms with van der Waals surface area (Å²) in [5.41, 5.74) is 0. The van der Waals surface area contributed by atoms with Gasteiger partial charge in [0, 0.05) is 45.6 Å². The summed E-state index contributed by atoms with van der Waals surface area (Å²) >= 11 is 0. The van der Waals surface area contributed by atoms with E-state index in [0.29, 0.717) is 11.8 Å². The summed E-state index contributed by atoms with van der Waals surface area (Å²) < 4.78 is 27.2. The molecule has 0 aliphatic carbocycles. The standard InChI is InChI=1S/C12H26N2O3S/c1-12-11-13(5-4-10-18(3,15)16)6-7-14(12)8-9-17-2/h12H,4-11H2,1-3H3. The molecule has 0 aromatic rings. The van der Waals surface area contributed by atoms with Gasteiger partial charge in [0.2, 0.25) is 0 Å². The molecule has 0 aromatic heterocycles. The van der Waals surface area contributed by atoms with Crippen LogP contribution < -0.4 is 0 Å². The number of piperazine rings is 1. The van der Waals surface area contributed by atoms with E-state index in [1.807, 2.05) is 0 Å². The van der Waals surface area contributed by atoms with Crippen LogP contribution in [0.3, 0.4) is 0 Å². The summed E-state index contributed by atoms with van der Waals surface area (Å²) in [6.45, 7) is 7.95. The van der Waals surface area contributed by atoms with Crippen molar-refractivity contribution in [3.05, 3.63) is 0 Å². The first-order valence-electron chi connectivity index (χ1n) is 6.55. The van der Waals surface area contributed by atoms with Crippen molar-refractivity contribution in [2.24, 2.45) is 0 Å². The summed E-state index contributed by atoms with van der Waals surface area (Å²) in [5.74, 6) is 0.297. The summed E-state index contributed by atoms with van der Waals surface area (Å²) in [6, 6.07) is 0.520. The molecule has 0 amide bonds. The zero-order chi connectivity index (χ0) is 13.6. The minimum absolute atomic E-state index is 0.297. The lowest BCUT2D eigenvalue weighted by Crippen LogP contribution is -2.52. The van der Waals surface area contributed by atoms with Crippen molar-refractivity contribution >= 4 is 9.84 Å². The lowest BCUT2D eigenvalue weighted by atomic mass is 10.2. The Kier molecular flexibility index (Phi) is 6.55. The largest absolute Gasteiger partial charge is 0.383 e. The maximum absolute atomic E-state index is 11.1. The zero-order valence-electron chi connectivity index (χ0n) is 11.8. The van der Waals surface area contributed by atoms with Crippen molar-refractivity contribution in [3.63, 3.8) is 0 Å². The van der Waals surface area contributed by atoms with Gasteiger partial charge in [-0.1, -0.05) is 0 Å². The number of ether oxygens (including phenoxy) is 1. The lowest BCUT2D eigenvalue weighted by molar-refractivity contribution is 0.0592. The normalized spacial score (nSPS) is 23.4. The molecule has 5 nitrogen and oxygen atoms in total. The van der Waals surface area contributed by atoms with Gasteiger partial charge in [-0.3, -0.25) is 4.90 Å². The summed E-state index contributed by atoms with van der Waals surface area (Å²) in [5, 5.41) is 0. The lowest BCUT2D eigenvalue weighted by Gasteiger charge is -2.39. The fourth-order valence-electron chi connectivity index (χ4n) is 2.36. The predicted molar refractivity (Wildman–Crippen MR) is 73.7 cm³/mol. The molecule has 1 atom stereocenters. The maximum Gasteiger partial charge on any atom is 0.147 e. The number of nitrogens with zero attached hydrogens (tertiary/aromatic N) is 2. The van der Waals surface area contributed by atoms with Crippen LogP contribution in [0.2, 0.25) is 0 Å². The number of hydrogen-bond donors (Lipinski definition) is 0. The minimum atomic E-state index is -2.81. The van der Waals surface area contributed by atoms with Crippen LogP contribution in [0.4, 0.5) is 0 Å². The van der Waals surface area contributed by atoms with Gasteiger partial charge in [-0.15, -0.1) is 0 Å². The third kappa shape index (κ3) is 6.13. The highest BCUT2D eigenvalue weighted by Gasteiger charge is 2.22. The molecule has 1 heterocycles. The van der Waals surface area contributed by atoms with Crippen molar-refractivity contribution in [2.75, 3.05) is 58.4 Å². The molecular weight excluding hydrogens is 252 g/mol. The molecule has 1 fully saturated rings. The van der Waals surface area contributed by atoms with E-state index in [0.717, 1.165) is 45.8 Å². The molecule has 0 saturated carbocycles. The molecule has 18 heavy (non-hydrogen) atoms. The van der Waals surface area contributed by atoms with E-state index in [1.165, 1.54) is 6.26 Å². The van der Waals surface area contributed by atoms with Crippen molar-refractivity contribution in [1.82, 2.24) is 9.80 Å². The average molecular weight is 278 g/mol. The molecule has 0 bridgehead atoms. The second kappa shape index (κ2) is 7.43. The van der Waals surface area contributed by atoms with Crippen LogP contribution in [0.1, 0.15) is 13.3 Å². The molecule has 1 unspecified atom stereocenters. The smallest absolute Gasteiger partial charge is 0.147 e. The van der Waals surface area contributed by atoms with Crippen LogP contribution in [0.25, 0.3) is 0 Å². The Labute approximate surface area is 111 Å². The fraction of sp³-hybridized carbons (Fsp3) is 1.00. The SMILES string of the molecule is COCCN1CCN(CCCS(C)(=O)=O)CC1C. The Bertz CT molecular complexity index is 332. The number of hydrogen-bond acceptors (Lipinski definition) is 5. The molecule has 0 N–H and O–H groups in total. The molecule has 0 aromatic carbocycles. The maximum atomic E-state index is 11.1. The topological polar surface area (TPSA) is 49.9 Å². The highest BCUT2D eigenvalue weighted by Crippen LogP contribution is 2.09. The zero-order valence-corrected chi connectivity index (χ0v) is 12.6. The van der Waals surface area contributed by atoms with Crippen LogP contribution in [0, 0.1) is 0 Å². The van der Waals surface area contributed by atoms with Crippen LogP contribution in [-0.4, -0.2) is 82.7 Å². The Morgan fingerprint density at radius 2 is 2.00 bits per heavy atom. The third-order valence-electron chi connectivity index (χ3n) is 3.42. The molecule has 1 saturated heterocycles. The predicted octanol–water partition coefficient (Wildman–Crippen LogP) is 0.0736. The molecule has 108 valence electrons. The van der Waals surface area contributed by atoms with Gasteiger partial charge in [0.15, 0.2) is 0 Å². The highest BCUT2D eigenvalue weighted by molar-refractivity contribution is 7.90. The monoisotopic (exact) mass is 278 g/mol. The third-order valence-corrected chi connectivity index (χ3v) is 4.45. The van der Waals surface area contributed by atoms with E-state index in [9.17, 15) is 8.42 Å². The number of rotatable bonds is 7. The summed E-state index contributed by atoms with van der Waals surface area (Å²) in [4.78, 5) is 4.79. The Morgan fingerprint density at radius 3 is 2.56 bits per heavy atom. The van der Waals surface area contributed by atoms with E-state index >= 15 is 0 Å². The number of methoxy groups -OCH3 is 1. The van der Waals surface area contributed by atoms with E-state index in [2.05, 4.69) is 16.7 Å². The van der Waals surface area contributed by atoms with Gasteiger partial charge in [-0.2, -0.15) is 0 Å². The summed E-state index contributed by atoms with van der Waals surface area (Å²) in [6.07, 6.45) is 2.04. The molecule has 6 heteroatoms. The van der Waals surface area contributed by atoms with E-state index in [4.69, 9.17) is 4.74 Å². The van der Waals surface area contributed by atoms with Crippen LogP contribution in [-0.2, 0) is 14.6 Å². The molecular formula is C12H26N2O3S. The van der Waals surface area contributed by atoms with Gasteiger partial charge < -0.3 is 9.64 Å². The Hall–Kier alpha value is -0.170. The van der Waals surface area contributed by atoms with Gasteiger partial charge in [0.25, 0.3) is 0 Å². The van der Waals surface area contributed by atoms with E-state index < -0.39 is 9.84 Å². The molecule has 0 spiro atoms. The molecule has 1 aliphatic rings. The average Bonchev–Trinajstić information content (AvgIpc) is 2.26. The Balaban J connectivity index is 2.24. The number of sulfone groups is 1. The first kappa shape index (κ1) is 15.9. The van der Waals surface area contributed by atoms with Gasteiger partial charge in [-0.25, -0.2) is 8.42 Å². The molecule has 0 radical (unpaired) electrons. The van der Waals surface area contributed by atoms with Crippen molar-refractivity contribution in [3.8, 4) is 0 Å². The second-order valence-corrected chi connectivity index (χ2v) is 7.42. The quantitative estimate of drug-likeness (QED) is 0.660. The van der Waals surface area contributed by atoms with Gasteiger partial charge >= 0.3 is 0 Å². The Morgan fingerprint density at radius 1 is 1.28 bits per heavy atom. The molecule has 1 aliphatic heterocycles. The highest BCUT2D eigenvalue weighted by atomic mass is 32.2. The van der Waals surface area contributed by atoms with Gasteiger partial charge in [-0.05, 0) is 19.9 Å². The van der Waals surface area contributed by atoms with E-state index in [-0.39, 0.29) is 0 Å². The minimum Gasteiger partial charge on any atom is -0.383 e. The van der Waals surface area contributed by atoms with Crippen LogP contribution in [0.5, 0.6) is 0 Å². The van der Waals surface area contributed by atoms with Gasteiger partial charge in [0.1, 0.15) is 9.84 Å². The van der Waals surface area contributed by atoms with Crippen LogP contribution in [0.15, 0.2) is 0 Å². The van der Waals surface area contributed by atoms with Crippen molar-refractivity contribution in [2.45, 2.75) is 19.4 Å². The van der Waals surface area contributed by atoms with Crippen molar-refractivity contribution < 1.29 is 13.2 Å². The van der Waals surface area contributed by atoms with E-state index in [1.54, 1.807) is 7.11 Å². The first-order valence-corrected chi connectivity index (χ1v) is 8.61. The second-order valence-electron chi connectivity index (χ2n) is 5.16. The fourth-order valence-corrected chi connectivity index (χ4v) is 3.02. The first-order chi connectivity index (χ1) is 8.42. The molecule has 1 rings (SSSR count). The van der Waals surface area contributed by atoms with Crippen molar-refractivity contribution in [1.29, 1.82) is 0 Å². The van der Waals surface area contributed by atoms with Crippen LogP contribution >= 0.6 is 0 Å².